The molecular weight excluding hydrogens is 166 g/mol. The lowest BCUT2D eigenvalue weighted by Gasteiger charge is -2.19. The van der Waals surface area contributed by atoms with E-state index in [4.69, 9.17) is 0 Å². The highest BCUT2D eigenvalue weighted by Gasteiger charge is 2.16. The summed E-state index contributed by atoms with van der Waals surface area (Å²) in [7, 11) is 1.77. The Morgan fingerprint density at radius 1 is 1.31 bits per heavy atom. The highest BCUT2D eigenvalue weighted by molar-refractivity contribution is 5.34. The molecule has 0 saturated carbocycles. The monoisotopic (exact) mass is 181 g/mol. The standard InChI is InChI=1S/C10H15NO2/c1-7(11-2)10(13)8-5-3-4-6-9(8)12/h3-7,10-13H,1-2H3. The molecule has 0 fully saturated rings. The maximum Gasteiger partial charge on any atom is 0.121 e. The number of phenolic OH excluding ortho intramolecular Hbond substituents is 1. The van der Waals surface area contributed by atoms with Gasteiger partial charge in [-0.1, -0.05) is 18.2 Å². The molecule has 3 heteroatoms. The van der Waals surface area contributed by atoms with E-state index in [1.54, 1.807) is 31.3 Å². The number of hydrogen-bond acceptors (Lipinski definition) is 3. The highest BCUT2D eigenvalue weighted by atomic mass is 16.3. The van der Waals surface area contributed by atoms with Gasteiger partial charge in [-0.05, 0) is 20.0 Å². The van der Waals surface area contributed by atoms with Gasteiger partial charge in [0.05, 0.1) is 6.10 Å². The Balaban J connectivity index is 2.88. The van der Waals surface area contributed by atoms with E-state index in [2.05, 4.69) is 5.32 Å². The van der Waals surface area contributed by atoms with Crippen LogP contribution in [-0.4, -0.2) is 23.3 Å². The van der Waals surface area contributed by atoms with Gasteiger partial charge in [0, 0.05) is 11.6 Å². The first kappa shape index (κ1) is 10.0. The van der Waals surface area contributed by atoms with Crippen molar-refractivity contribution >= 4 is 0 Å². The second-order valence-corrected chi connectivity index (χ2v) is 3.08. The van der Waals surface area contributed by atoms with Crippen LogP contribution >= 0.6 is 0 Å². The summed E-state index contributed by atoms with van der Waals surface area (Å²) in [6.07, 6.45) is -0.675. The SMILES string of the molecule is CNC(C)C(O)c1ccccc1O. The molecule has 0 spiro atoms. The van der Waals surface area contributed by atoms with E-state index in [0.717, 1.165) is 0 Å². The summed E-state index contributed by atoms with van der Waals surface area (Å²) < 4.78 is 0. The number of aliphatic hydroxyl groups is 1. The van der Waals surface area contributed by atoms with Crippen LogP contribution in [-0.2, 0) is 0 Å². The van der Waals surface area contributed by atoms with E-state index in [-0.39, 0.29) is 11.8 Å². The summed E-state index contributed by atoms with van der Waals surface area (Å²) in [4.78, 5) is 0. The van der Waals surface area contributed by atoms with E-state index < -0.39 is 6.10 Å². The van der Waals surface area contributed by atoms with E-state index in [0.29, 0.717) is 5.56 Å². The highest BCUT2D eigenvalue weighted by Crippen LogP contribution is 2.25. The molecule has 0 heterocycles. The third-order valence-corrected chi connectivity index (χ3v) is 2.18. The zero-order valence-corrected chi connectivity index (χ0v) is 7.86. The normalized spacial score (nSPS) is 15.3. The van der Waals surface area contributed by atoms with Crippen LogP contribution in [0.3, 0.4) is 0 Å². The summed E-state index contributed by atoms with van der Waals surface area (Å²) in [5, 5.41) is 22.1. The largest absolute Gasteiger partial charge is 0.508 e. The molecule has 0 aliphatic carbocycles. The maximum atomic E-state index is 9.75. The first-order valence-electron chi connectivity index (χ1n) is 4.30. The zero-order chi connectivity index (χ0) is 9.84. The van der Waals surface area contributed by atoms with Crippen LogP contribution in [0.1, 0.15) is 18.6 Å². The van der Waals surface area contributed by atoms with E-state index in [1.165, 1.54) is 0 Å². The van der Waals surface area contributed by atoms with Crippen molar-refractivity contribution in [3.63, 3.8) is 0 Å². The Bertz CT molecular complexity index is 275. The van der Waals surface area contributed by atoms with Crippen molar-refractivity contribution in [2.24, 2.45) is 0 Å². The van der Waals surface area contributed by atoms with E-state index in [1.807, 2.05) is 6.92 Å². The van der Waals surface area contributed by atoms with Gasteiger partial charge in [0.1, 0.15) is 5.75 Å². The van der Waals surface area contributed by atoms with Crippen molar-refractivity contribution in [1.29, 1.82) is 0 Å². The number of likely N-dealkylation sites (N-methyl/N-ethyl adjacent to an activating group) is 1. The summed E-state index contributed by atoms with van der Waals surface area (Å²) in [5.41, 5.74) is 0.560. The molecule has 0 amide bonds. The zero-order valence-electron chi connectivity index (χ0n) is 7.86. The van der Waals surface area contributed by atoms with Crippen molar-refractivity contribution in [2.45, 2.75) is 19.1 Å². The minimum atomic E-state index is -0.675. The summed E-state index contributed by atoms with van der Waals surface area (Å²) >= 11 is 0. The van der Waals surface area contributed by atoms with Gasteiger partial charge < -0.3 is 15.5 Å². The van der Waals surface area contributed by atoms with Gasteiger partial charge in [-0.3, -0.25) is 0 Å². The van der Waals surface area contributed by atoms with Crippen molar-refractivity contribution in [3.8, 4) is 5.75 Å². The van der Waals surface area contributed by atoms with Crippen LogP contribution in [0.4, 0.5) is 0 Å². The molecule has 13 heavy (non-hydrogen) atoms. The number of phenols is 1. The summed E-state index contributed by atoms with van der Waals surface area (Å²) in [6, 6.07) is 6.73. The van der Waals surface area contributed by atoms with Gasteiger partial charge >= 0.3 is 0 Å². The van der Waals surface area contributed by atoms with E-state index >= 15 is 0 Å². The van der Waals surface area contributed by atoms with Crippen LogP contribution < -0.4 is 5.32 Å². The number of aliphatic hydroxyl groups excluding tert-OH is 1. The molecule has 2 atom stereocenters. The number of aromatic hydroxyl groups is 1. The lowest BCUT2D eigenvalue weighted by Crippen LogP contribution is -2.28. The quantitative estimate of drug-likeness (QED) is 0.653. The number of hydrogen-bond donors (Lipinski definition) is 3. The molecule has 72 valence electrons. The molecule has 0 radical (unpaired) electrons. The smallest absolute Gasteiger partial charge is 0.121 e. The minimum Gasteiger partial charge on any atom is -0.508 e. The Morgan fingerprint density at radius 2 is 1.92 bits per heavy atom. The average molecular weight is 181 g/mol. The number of rotatable bonds is 3. The first-order chi connectivity index (χ1) is 6.16. The Morgan fingerprint density at radius 3 is 2.46 bits per heavy atom. The molecule has 0 bridgehead atoms. The first-order valence-corrected chi connectivity index (χ1v) is 4.30. The fourth-order valence-electron chi connectivity index (χ4n) is 1.16. The molecule has 1 rings (SSSR count). The number of benzene rings is 1. The predicted molar refractivity (Wildman–Crippen MR) is 51.6 cm³/mol. The van der Waals surface area contributed by atoms with Crippen molar-refractivity contribution in [2.75, 3.05) is 7.05 Å². The molecule has 0 saturated heterocycles. The minimum absolute atomic E-state index is 0.0756. The van der Waals surface area contributed by atoms with E-state index in [9.17, 15) is 10.2 Å². The van der Waals surface area contributed by atoms with Crippen molar-refractivity contribution < 1.29 is 10.2 Å². The molecule has 0 aromatic heterocycles. The van der Waals surface area contributed by atoms with Crippen LogP contribution in [0.2, 0.25) is 0 Å². The summed E-state index contributed by atoms with van der Waals surface area (Å²) in [5.74, 6) is 0.136. The molecular formula is C10H15NO2. The Hall–Kier alpha value is -1.06. The van der Waals surface area contributed by atoms with Crippen LogP contribution in [0.25, 0.3) is 0 Å². The van der Waals surface area contributed by atoms with Gasteiger partial charge in [-0.25, -0.2) is 0 Å². The maximum absolute atomic E-state index is 9.75. The van der Waals surface area contributed by atoms with Crippen LogP contribution in [0, 0.1) is 0 Å². The number of para-hydroxylation sites is 1. The molecule has 1 aromatic carbocycles. The molecule has 3 N–H and O–H groups in total. The fourth-order valence-corrected chi connectivity index (χ4v) is 1.16. The van der Waals surface area contributed by atoms with Crippen LogP contribution in [0.5, 0.6) is 5.75 Å². The lowest BCUT2D eigenvalue weighted by molar-refractivity contribution is 0.137. The number of nitrogens with one attached hydrogen (secondary N) is 1. The van der Waals surface area contributed by atoms with Gasteiger partial charge in [-0.15, -0.1) is 0 Å². The molecule has 0 aliphatic heterocycles. The van der Waals surface area contributed by atoms with Gasteiger partial charge in [0.15, 0.2) is 0 Å². The van der Waals surface area contributed by atoms with Crippen molar-refractivity contribution in [3.05, 3.63) is 29.8 Å². The second-order valence-electron chi connectivity index (χ2n) is 3.08. The third kappa shape index (κ3) is 2.20. The Kier molecular flexibility index (Phi) is 3.28. The fraction of sp³-hybridized carbons (Fsp3) is 0.400. The molecule has 0 aliphatic rings. The lowest BCUT2D eigenvalue weighted by atomic mass is 10.0. The Labute approximate surface area is 78.0 Å². The average Bonchev–Trinajstić information content (AvgIpc) is 2.16. The molecule has 1 aromatic rings. The molecule has 2 unspecified atom stereocenters. The van der Waals surface area contributed by atoms with Gasteiger partial charge in [-0.2, -0.15) is 0 Å². The second kappa shape index (κ2) is 4.25. The van der Waals surface area contributed by atoms with Gasteiger partial charge in [0.2, 0.25) is 0 Å². The topological polar surface area (TPSA) is 52.5 Å². The third-order valence-electron chi connectivity index (χ3n) is 2.18. The predicted octanol–water partition coefficient (Wildman–Crippen LogP) is 1.03. The molecule has 3 nitrogen and oxygen atoms in total. The van der Waals surface area contributed by atoms with Crippen molar-refractivity contribution in [1.82, 2.24) is 5.32 Å². The summed E-state index contributed by atoms with van der Waals surface area (Å²) in [6.45, 7) is 1.86. The van der Waals surface area contributed by atoms with Gasteiger partial charge in [0.25, 0.3) is 0 Å². The van der Waals surface area contributed by atoms with Crippen LogP contribution in [0.15, 0.2) is 24.3 Å².